The summed E-state index contributed by atoms with van der Waals surface area (Å²) in [7, 11) is 0. The monoisotopic (exact) mass is 298 g/mol. The normalized spacial score (nSPS) is 27.8. The van der Waals surface area contributed by atoms with Gasteiger partial charge in [-0.3, -0.25) is 4.90 Å². The van der Waals surface area contributed by atoms with Crippen LogP contribution in [0.15, 0.2) is 30.3 Å². The molecular weight excluding hydrogens is 277 g/mol. The van der Waals surface area contributed by atoms with E-state index < -0.39 is 12.7 Å². The highest BCUT2D eigenvalue weighted by Crippen LogP contribution is 2.34. The second kappa shape index (κ2) is 5.97. The molecule has 1 aromatic carbocycles. The zero-order chi connectivity index (χ0) is 14.9. The molecule has 0 radical (unpaired) electrons. The molecule has 2 fully saturated rings. The van der Waals surface area contributed by atoms with Gasteiger partial charge < -0.3 is 5.32 Å². The molecule has 1 heterocycles. The summed E-state index contributed by atoms with van der Waals surface area (Å²) in [6, 6.07) is 10.7. The SMILES string of the molecule is FC(F)(F)CNC1CC(c2ccccc2)CN(C2CC2)C1. The first kappa shape index (κ1) is 14.9. The van der Waals surface area contributed by atoms with Crippen molar-refractivity contribution in [3.63, 3.8) is 0 Å². The van der Waals surface area contributed by atoms with Crippen LogP contribution in [-0.2, 0) is 0 Å². The molecule has 1 saturated heterocycles. The van der Waals surface area contributed by atoms with Crippen LogP contribution >= 0.6 is 0 Å². The summed E-state index contributed by atoms with van der Waals surface area (Å²) in [5.41, 5.74) is 1.24. The summed E-state index contributed by atoms with van der Waals surface area (Å²) < 4.78 is 37.3. The van der Waals surface area contributed by atoms with Crippen molar-refractivity contribution in [1.29, 1.82) is 0 Å². The van der Waals surface area contributed by atoms with Gasteiger partial charge in [-0.05, 0) is 30.7 Å². The van der Waals surface area contributed by atoms with E-state index in [0.29, 0.717) is 12.0 Å². The Hall–Kier alpha value is -1.07. The number of benzene rings is 1. The van der Waals surface area contributed by atoms with Crippen LogP contribution in [0, 0.1) is 0 Å². The maximum Gasteiger partial charge on any atom is 0.401 e. The van der Waals surface area contributed by atoms with Crippen LogP contribution in [0.2, 0.25) is 0 Å². The van der Waals surface area contributed by atoms with Gasteiger partial charge in [0.15, 0.2) is 0 Å². The Morgan fingerprint density at radius 2 is 1.81 bits per heavy atom. The molecule has 1 N–H and O–H groups in total. The van der Waals surface area contributed by atoms with Gasteiger partial charge in [-0.15, -0.1) is 0 Å². The highest BCUT2D eigenvalue weighted by Gasteiger charge is 2.37. The molecule has 5 heteroatoms. The topological polar surface area (TPSA) is 15.3 Å². The molecule has 3 rings (SSSR count). The third-order valence-corrected chi connectivity index (χ3v) is 4.40. The number of hydrogen-bond donors (Lipinski definition) is 1. The minimum Gasteiger partial charge on any atom is -0.305 e. The Morgan fingerprint density at radius 3 is 2.43 bits per heavy atom. The fourth-order valence-corrected chi connectivity index (χ4v) is 3.25. The van der Waals surface area contributed by atoms with Crippen molar-refractivity contribution < 1.29 is 13.2 Å². The van der Waals surface area contributed by atoms with Crippen molar-refractivity contribution >= 4 is 0 Å². The summed E-state index contributed by atoms with van der Waals surface area (Å²) >= 11 is 0. The quantitative estimate of drug-likeness (QED) is 0.918. The molecule has 1 aromatic rings. The molecule has 1 aliphatic heterocycles. The smallest absolute Gasteiger partial charge is 0.305 e. The lowest BCUT2D eigenvalue weighted by Gasteiger charge is -2.38. The number of piperidine rings is 1. The highest BCUT2D eigenvalue weighted by atomic mass is 19.4. The van der Waals surface area contributed by atoms with Crippen molar-refractivity contribution in [3.05, 3.63) is 35.9 Å². The lowest BCUT2D eigenvalue weighted by molar-refractivity contribution is -0.127. The average molecular weight is 298 g/mol. The Kier molecular flexibility index (Phi) is 4.22. The number of alkyl halides is 3. The van der Waals surface area contributed by atoms with Gasteiger partial charge in [0.1, 0.15) is 0 Å². The number of halogens is 3. The van der Waals surface area contributed by atoms with Gasteiger partial charge in [0.25, 0.3) is 0 Å². The first-order valence-corrected chi connectivity index (χ1v) is 7.60. The van der Waals surface area contributed by atoms with Crippen molar-refractivity contribution in [2.45, 2.75) is 43.4 Å². The Bertz CT molecular complexity index is 456. The number of likely N-dealkylation sites (tertiary alicyclic amines) is 1. The second-order valence-corrected chi connectivity index (χ2v) is 6.22. The standard InChI is InChI=1S/C16H21F3N2/c17-16(18,19)11-20-14-8-13(12-4-2-1-3-5-12)9-21(10-14)15-6-7-15/h1-5,13-15,20H,6-11H2. The first-order valence-electron chi connectivity index (χ1n) is 7.60. The second-order valence-electron chi connectivity index (χ2n) is 6.22. The minimum atomic E-state index is -4.13. The van der Waals surface area contributed by atoms with Gasteiger partial charge in [0.2, 0.25) is 0 Å². The first-order chi connectivity index (χ1) is 10.0. The predicted octanol–water partition coefficient (Wildman–Crippen LogP) is 3.16. The van der Waals surface area contributed by atoms with Gasteiger partial charge >= 0.3 is 6.18 Å². The molecule has 0 spiro atoms. The number of nitrogens with zero attached hydrogens (tertiary/aromatic N) is 1. The average Bonchev–Trinajstić information content (AvgIpc) is 3.30. The molecule has 0 bridgehead atoms. The van der Waals surface area contributed by atoms with E-state index in [4.69, 9.17) is 0 Å². The van der Waals surface area contributed by atoms with E-state index in [1.54, 1.807) is 0 Å². The molecule has 2 atom stereocenters. The maximum atomic E-state index is 12.4. The van der Waals surface area contributed by atoms with Gasteiger partial charge in [0, 0.05) is 25.2 Å². The van der Waals surface area contributed by atoms with E-state index in [2.05, 4.69) is 22.3 Å². The zero-order valence-electron chi connectivity index (χ0n) is 11.9. The summed E-state index contributed by atoms with van der Waals surface area (Å²) in [6.07, 6.45) is -0.978. The van der Waals surface area contributed by atoms with Crippen LogP contribution in [0.25, 0.3) is 0 Å². The highest BCUT2D eigenvalue weighted by molar-refractivity contribution is 5.21. The largest absolute Gasteiger partial charge is 0.401 e. The van der Waals surface area contributed by atoms with Crippen LogP contribution in [0.5, 0.6) is 0 Å². The van der Waals surface area contributed by atoms with E-state index in [-0.39, 0.29) is 6.04 Å². The zero-order valence-corrected chi connectivity index (χ0v) is 11.9. The van der Waals surface area contributed by atoms with Crippen LogP contribution in [0.4, 0.5) is 13.2 Å². The van der Waals surface area contributed by atoms with Crippen molar-refractivity contribution in [1.82, 2.24) is 10.2 Å². The molecule has 2 aliphatic rings. The van der Waals surface area contributed by atoms with Crippen molar-refractivity contribution in [3.8, 4) is 0 Å². The van der Waals surface area contributed by atoms with Crippen LogP contribution in [-0.4, -0.2) is 42.8 Å². The molecule has 116 valence electrons. The summed E-state index contributed by atoms with van der Waals surface area (Å²) in [5, 5.41) is 2.71. The molecule has 1 aliphatic carbocycles. The minimum absolute atomic E-state index is 0.0776. The summed E-state index contributed by atoms with van der Waals surface area (Å²) in [4.78, 5) is 2.37. The predicted molar refractivity (Wildman–Crippen MR) is 76.2 cm³/mol. The molecular formula is C16H21F3N2. The Labute approximate surface area is 123 Å². The molecule has 0 amide bonds. The van der Waals surface area contributed by atoms with Gasteiger partial charge in [-0.1, -0.05) is 30.3 Å². The van der Waals surface area contributed by atoms with Gasteiger partial charge in [-0.25, -0.2) is 0 Å². The Balaban J connectivity index is 1.66. The molecule has 1 saturated carbocycles. The number of nitrogens with one attached hydrogen (secondary N) is 1. The third-order valence-electron chi connectivity index (χ3n) is 4.40. The molecule has 2 nitrogen and oxygen atoms in total. The summed E-state index contributed by atoms with van der Waals surface area (Å²) in [6.45, 7) is 0.820. The van der Waals surface area contributed by atoms with E-state index in [0.717, 1.165) is 19.5 Å². The number of hydrogen-bond acceptors (Lipinski definition) is 2. The fourth-order valence-electron chi connectivity index (χ4n) is 3.25. The molecule has 2 unspecified atom stereocenters. The lowest BCUT2D eigenvalue weighted by atomic mass is 9.88. The van der Waals surface area contributed by atoms with E-state index in [9.17, 15) is 13.2 Å². The molecule has 21 heavy (non-hydrogen) atoms. The van der Waals surface area contributed by atoms with E-state index in [1.807, 2.05) is 18.2 Å². The third kappa shape index (κ3) is 4.20. The van der Waals surface area contributed by atoms with Crippen LogP contribution in [0.3, 0.4) is 0 Å². The lowest BCUT2D eigenvalue weighted by Crippen LogP contribution is -2.51. The van der Waals surface area contributed by atoms with Crippen molar-refractivity contribution in [2.24, 2.45) is 0 Å². The molecule has 0 aromatic heterocycles. The number of rotatable bonds is 4. The summed E-state index contributed by atoms with van der Waals surface area (Å²) in [5.74, 6) is 0.325. The van der Waals surface area contributed by atoms with Gasteiger partial charge in [0.05, 0.1) is 6.54 Å². The van der Waals surface area contributed by atoms with Gasteiger partial charge in [-0.2, -0.15) is 13.2 Å². The van der Waals surface area contributed by atoms with Crippen LogP contribution < -0.4 is 5.32 Å². The van der Waals surface area contributed by atoms with E-state index >= 15 is 0 Å². The van der Waals surface area contributed by atoms with E-state index in [1.165, 1.54) is 18.4 Å². The fraction of sp³-hybridized carbons (Fsp3) is 0.625. The Morgan fingerprint density at radius 1 is 1.10 bits per heavy atom. The maximum absolute atomic E-state index is 12.4. The van der Waals surface area contributed by atoms with Crippen molar-refractivity contribution in [2.75, 3.05) is 19.6 Å². The van der Waals surface area contributed by atoms with Crippen LogP contribution in [0.1, 0.15) is 30.7 Å².